The molecule has 0 atom stereocenters. The zero-order valence-corrected chi connectivity index (χ0v) is 13.9. The Hall–Kier alpha value is -2.13. The number of hydrogen-bond acceptors (Lipinski definition) is 7. The van der Waals surface area contributed by atoms with Gasteiger partial charge in [-0.3, -0.25) is 4.79 Å². The lowest BCUT2D eigenvalue weighted by Crippen LogP contribution is -2.04. The molecule has 2 rings (SSSR count). The number of nitrogens with one attached hydrogen (secondary N) is 1. The van der Waals surface area contributed by atoms with Crippen molar-refractivity contribution in [3.05, 3.63) is 29.8 Å². The molecule has 7 nitrogen and oxygen atoms in total. The fourth-order valence-electron chi connectivity index (χ4n) is 1.57. The molecule has 1 aromatic heterocycles. The molecule has 1 aromatic carbocycles. The van der Waals surface area contributed by atoms with Gasteiger partial charge in [0.25, 0.3) is 0 Å². The predicted octanol–water partition coefficient (Wildman–Crippen LogP) is 2.76. The van der Waals surface area contributed by atoms with E-state index in [1.807, 2.05) is 0 Å². The summed E-state index contributed by atoms with van der Waals surface area (Å²) >= 11 is 2.88. The van der Waals surface area contributed by atoms with Crippen LogP contribution in [-0.2, 0) is 4.79 Å². The van der Waals surface area contributed by atoms with Crippen molar-refractivity contribution in [2.75, 3.05) is 17.7 Å². The van der Waals surface area contributed by atoms with E-state index in [-0.39, 0.29) is 11.5 Å². The summed E-state index contributed by atoms with van der Waals surface area (Å²) in [6.45, 7) is 1.95. The molecular formula is C14H15N3O4S2. The van der Waals surface area contributed by atoms with E-state index in [1.54, 1.807) is 23.9 Å². The van der Waals surface area contributed by atoms with Crippen LogP contribution < -0.4 is 10.1 Å². The van der Waals surface area contributed by atoms with E-state index in [1.165, 1.54) is 30.4 Å². The molecule has 0 saturated carbocycles. The zero-order chi connectivity index (χ0) is 16.7. The van der Waals surface area contributed by atoms with Crippen LogP contribution in [0.3, 0.4) is 0 Å². The van der Waals surface area contributed by atoms with E-state index in [4.69, 9.17) is 9.84 Å². The quantitative estimate of drug-likeness (QED) is 0.427. The van der Waals surface area contributed by atoms with Crippen LogP contribution in [0.15, 0.2) is 28.6 Å². The lowest BCUT2D eigenvalue weighted by Gasteiger charge is -2.05. The van der Waals surface area contributed by atoms with Gasteiger partial charge in [-0.15, -0.1) is 10.2 Å². The number of carboxylic acids is 1. The molecule has 0 unspecified atom stereocenters. The number of rotatable bonds is 8. The number of carbonyl (C=O) groups excluding carboxylic acids is 1. The average molecular weight is 353 g/mol. The van der Waals surface area contributed by atoms with E-state index in [2.05, 4.69) is 15.5 Å². The predicted molar refractivity (Wildman–Crippen MR) is 88.5 cm³/mol. The molecule has 2 N–H and O–H groups in total. The van der Waals surface area contributed by atoms with Gasteiger partial charge in [0.1, 0.15) is 5.75 Å². The second-order valence-corrected chi connectivity index (χ2v) is 6.75. The van der Waals surface area contributed by atoms with Crippen molar-refractivity contribution in [2.24, 2.45) is 0 Å². The van der Waals surface area contributed by atoms with Crippen LogP contribution in [0.1, 0.15) is 23.7 Å². The molecule has 0 aliphatic carbocycles. The van der Waals surface area contributed by atoms with E-state index in [0.717, 1.165) is 16.5 Å². The van der Waals surface area contributed by atoms with E-state index < -0.39 is 5.97 Å². The van der Waals surface area contributed by atoms with E-state index in [9.17, 15) is 9.59 Å². The number of thioether (sulfide) groups is 1. The van der Waals surface area contributed by atoms with Crippen molar-refractivity contribution in [1.29, 1.82) is 0 Å². The number of carboxylic acid groups (broad SMARTS) is 1. The van der Waals surface area contributed by atoms with Crippen LogP contribution in [0.5, 0.6) is 5.75 Å². The van der Waals surface area contributed by atoms with E-state index >= 15 is 0 Å². The van der Waals surface area contributed by atoms with Crippen molar-refractivity contribution < 1.29 is 19.4 Å². The third-order valence-electron chi connectivity index (χ3n) is 2.57. The third kappa shape index (κ3) is 5.87. The molecule has 0 aliphatic heterocycles. The van der Waals surface area contributed by atoms with Gasteiger partial charge in [-0.1, -0.05) is 23.1 Å². The maximum Gasteiger partial charge on any atom is 0.335 e. The summed E-state index contributed by atoms with van der Waals surface area (Å²) in [7, 11) is 0. The molecule has 0 saturated heterocycles. The standard InChI is InChI=1S/C14H15N3O4S2/c1-9(18)15-13-16-17-14(23-13)22-8-2-7-21-11-5-3-10(4-6-11)12(19)20/h3-6H,2,7-8H2,1H3,(H,19,20)(H,15,16,18). The maximum absolute atomic E-state index is 10.9. The summed E-state index contributed by atoms with van der Waals surface area (Å²) in [5.41, 5.74) is 0.235. The summed E-state index contributed by atoms with van der Waals surface area (Å²) in [5.74, 6) is 0.328. The van der Waals surface area contributed by atoms with Crippen LogP contribution in [0.4, 0.5) is 5.13 Å². The van der Waals surface area contributed by atoms with Gasteiger partial charge < -0.3 is 15.2 Å². The zero-order valence-electron chi connectivity index (χ0n) is 12.3. The monoisotopic (exact) mass is 353 g/mol. The van der Waals surface area contributed by atoms with Crippen molar-refractivity contribution in [1.82, 2.24) is 10.2 Å². The Labute approximate surface area is 141 Å². The Morgan fingerprint density at radius 2 is 2.04 bits per heavy atom. The van der Waals surface area contributed by atoms with Gasteiger partial charge in [-0.05, 0) is 30.7 Å². The first-order valence-electron chi connectivity index (χ1n) is 6.74. The van der Waals surface area contributed by atoms with Crippen molar-refractivity contribution >= 4 is 40.1 Å². The average Bonchev–Trinajstić information content (AvgIpc) is 2.94. The number of amides is 1. The Morgan fingerprint density at radius 3 is 2.70 bits per heavy atom. The van der Waals surface area contributed by atoms with Gasteiger partial charge >= 0.3 is 5.97 Å². The van der Waals surface area contributed by atoms with Crippen LogP contribution in [-0.4, -0.2) is 39.5 Å². The highest BCUT2D eigenvalue weighted by molar-refractivity contribution is 8.01. The molecule has 0 bridgehead atoms. The number of aromatic carboxylic acids is 1. The SMILES string of the molecule is CC(=O)Nc1nnc(SCCCOc2ccc(C(=O)O)cc2)s1. The second-order valence-electron chi connectivity index (χ2n) is 4.43. The molecule has 2 aromatic rings. The van der Waals surface area contributed by atoms with Crippen LogP contribution in [0.25, 0.3) is 0 Å². The highest BCUT2D eigenvalue weighted by atomic mass is 32.2. The molecular weight excluding hydrogens is 338 g/mol. The molecule has 1 amide bonds. The number of carbonyl (C=O) groups is 2. The maximum atomic E-state index is 10.9. The first kappa shape index (κ1) is 17.2. The van der Waals surface area contributed by atoms with Crippen LogP contribution in [0.2, 0.25) is 0 Å². The summed E-state index contributed by atoms with van der Waals surface area (Å²) in [5, 5.41) is 19.7. The summed E-state index contributed by atoms with van der Waals surface area (Å²) in [6, 6.07) is 6.30. The third-order valence-corrected chi connectivity index (χ3v) is 4.63. The lowest BCUT2D eigenvalue weighted by atomic mass is 10.2. The Balaban J connectivity index is 1.66. The fourth-order valence-corrected chi connectivity index (χ4v) is 3.35. The topological polar surface area (TPSA) is 101 Å². The summed E-state index contributed by atoms with van der Waals surface area (Å²) in [6.07, 6.45) is 0.806. The largest absolute Gasteiger partial charge is 0.494 e. The van der Waals surface area contributed by atoms with Crippen molar-refractivity contribution in [3.63, 3.8) is 0 Å². The number of aromatic nitrogens is 2. The first-order valence-corrected chi connectivity index (χ1v) is 8.55. The van der Waals surface area contributed by atoms with Crippen LogP contribution >= 0.6 is 23.1 Å². The molecule has 9 heteroatoms. The molecule has 0 aliphatic rings. The van der Waals surface area contributed by atoms with Gasteiger partial charge in [0.15, 0.2) is 4.34 Å². The molecule has 0 fully saturated rings. The number of hydrogen-bond donors (Lipinski definition) is 2. The van der Waals surface area contributed by atoms with Gasteiger partial charge in [0, 0.05) is 12.7 Å². The smallest absolute Gasteiger partial charge is 0.335 e. The normalized spacial score (nSPS) is 10.3. The number of ether oxygens (including phenoxy) is 1. The second kappa shape index (κ2) is 8.49. The van der Waals surface area contributed by atoms with Gasteiger partial charge in [-0.25, -0.2) is 4.79 Å². The number of nitrogens with zero attached hydrogens (tertiary/aromatic N) is 2. The minimum Gasteiger partial charge on any atom is -0.494 e. The van der Waals surface area contributed by atoms with E-state index in [0.29, 0.717) is 17.5 Å². The molecule has 0 spiro atoms. The first-order chi connectivity index (χ1) is 11.0. The highest BCUT2D eigenvalue weighted by Gasteiger charge is 2.06. The highest BCUT2D eigenvalue weighted by Crippen LogP contribution is 2.25. The van der Waals surface area contributed by atoms with Crippen molar-refractivity contribution in [3.8, 4) is 5.75 Å². The molecule has 23 heavy (non-hydrogen) atoms. The van der Waals surface area contributed by atoms with Gasteiger partial charge in [0.2, 0.25) is 11.0 Å². The Bertz CT molecular complexity index is 673. The minimum atomic E-state index is -0.955. The molecule has 122 valence electrons. The van der Waals surface area contributed by atoms with Gasteiger partial charge in [0.05, 0.1) is 12.2 Å². The Morgan fingerprint density at radius 1 is 1.30 bits per heavy atom. The van der Waals surface area contributed by atoms with Crippen LogP contribution in [0, 0.1) is 0 Å². The molecule has 1 heterocycles. The fraction of sp³-hybridized carbons (Fsp3) is 0.286. The minimum absolute atomic E-state index is 0.167. The number of benzene rings is 1. The lowest BCUT2D eigenvalue weighted by molar-refractivity contribution is -0.114. The number of anilines is 1. The Kier molecular flexibility index (Phi) is 6.36. The van der Waals surface area contributed by atoms with Crippen molar-refractivity contribution in [2.45, 2.75) is 17.7 Å². The van der Waals surface area contributed by atoms with Gasteiger partial charge in [-0.2, -0.15) is 0 Å². The molecule has 0 radical (unpaired) electrons. The summed E-state index contributed by atoms with van der Waals surface area (Å²) < 4.78 is 6.33. The summed E-state index contributed by atoms with van der Waals surface area (Å²) in [4.78, 5) is 21.6.